The molecule has 1 aromatic rings. The van der Waals surface area contributed by atoms with E-state index in [1.165, 1.54) is 18.4 Å². The average Bonchev–Trinajstić information content (AvgIpc) is 2.72. The van der Waals surface area contributed by atoms with Gasteiger partial charge in [0.1, 0.15) is 0 Å². The minimum absolute atomic E-state index is 0.219. The van der Waals surface area contributed by atoms with Gasteiger partial charge in [0, 0.05) is 30.0 Å². The third-order valence-electron chi connectivity index (χ3n) is 5.23. The highest BCUT2D eigenvalue weighted by molar-refractivity contribution is 5.11. The van der Waals surface area contributed by atoms with Crippen molar-refractivity contribution in [2.75, 3.05) is 0 Å². The molecule has 0 spiro atoms. The van der Waals surface area contributed by atoms with Crippen LogP contribution in [0.25, 0.3) is 0 Å². The summed E-state index contributed by atoms with van der Waals surface area (Å²) in [5.74, 6) is 0. The molecule has 2 fully saturated rings. The third-order valence-corrected chi connectivity index (χ3v) is 5.23. The van der Waals surface area contributed by atoms with Gasteiger partial charge in [-0.2, -0.15) is 0 Å². The fraction of sp³-hybridized carbons (Fsp3) is 0.722. The lowest BCUT2D eigenvalue weighted by atomic mass is 9.80. The average molecular weight is 288 g/mol. The minimum Gasteiger partial charge on any atom is -0.390 e. The Morgan fingerprint density at radius 2 is 1.95 bits per heavy atom. The fourth-order valence-corrected chi connectivity index (χ4v) is 4.55. The van der Waals surface area contributed by atoms with E-state index in [0.717, 1.165) is 25.7 Å². The monoisotopic (exact) mass is 288 g/mol. The van der Waals surface area contributed by atoms with Crippen molar-refractivity contribution < 1.29 is 5.11 Å². The number of aryl methyl sites for hydroxylation is 1. The lowest BCUT2D eigenvalue weighted by molar-refractivity contribution is -0.0819. The molecular formula is C18H28N2O. The Morgan fingerprint density at radius 1 is 1.29 bits per heavy atom. The molecule has 21 heavy (non-hydrogen) atoms. The second kappa shape index (κ2) is 5.36. The van der Waals surface area contributed by atoms with E-state index in [2.05, 4.69) is 36.7 Å². The summed E-state index contributed by atoms with van der Waals surface area (Å²) >= 11 is 0. The summed E-state index contributed by atoms with van der Waals surface area (Å²) in [6.07, 6.45) is 9.88. The molecule has 3 heteroatoms. The summed E-state index contributed by atoms with van der Waals surface area (Å²) in [6.45, 7) is 6.91. The van der Waals surface area contributed by atoms with Crippen LogP contribution in [0.5, 0.6) is 0 Å². The maximum absolute atomic E-state index is 11.0. The number of aliphatic hydroxyl groups is 1. The molecule has 0 saturated carbocycles. The molecule has 2 aliphatic rings. The van der Waals surface area contributed by atoms with Crippen molar-refractivity contribution >= 4 is 0 Å². The maximum atomic E-state index is 11.0. The maximum Gasteiger partial charge on any atom is 0.0680 e. The number of pyridine rings is 1. The van der Waals surface area contributed by atoms with Crippen molar-refractivity contribution in [1.82, 2.24) is 9.88 Å². The number of rotatable bonds is 3. The Balaban J connectivity index is 1.66. The number of nitrogens with zero attached hydrogens (tertiary/aromatic N) is 2. The molecule has 1 N–H and O–H groups in total. The van der Waals surface area contributed by atoms with Crippen molar-refractivity contribution in [3.05, 3.63) is 30.1 Å². The van der Waals surface area contributed by atoms with E-state index in [4.69, 9.17) is 0 Å². The van der Waals surface area contributed by atoms with Gasteiger partial charge in [0.05, 0.1) is 5.60 Å². The molecule has 116 valence electrons. The first-order valence-electron chi connectivity index (χ1n) is 8.27. The summed E-state index contributed by atoms with van der Waals surface area (Å²) in [5, 5.41) is 11.0. The quantitative estimate of drug-likeness (QED) is 0.928. The molecule has 3 nitrogen and oxygen atoms in total. The van der Waals surface area contributed by atoms with E-state index in [0.29, 0.717) is 12.1 Å². The van der Waals surface area contributed by atoms with Gasteiger partial charge in [0.25, 0.3) is 0 Å². The zero-order valence-electron chi connectivity index (χ0n) is 13.5. The predicted molar refractivity (Wildman–Crippen MR) is 85.1 cm³/mol. The Labute approximate surface area is 128 Å². The Morgan fingerprint density at radius 3 is 2.48 bits per heavy atom. The molecule has 1 aromatic heterocycles. The first-order chi connectivity index (χ1) is 9.87. The SMILES string of the molecule is CC(C)(C)N1C2CC[C@@H]1CC(O)(CCc1cccnc1)C2. The zero-order valence-corrected chi connectivity index (χ0v) is 13.5. The van der Waals surface area contributed by atoms with Crippen molar-refractivity contribution in [2.45, 2.75) is 82.5 Å². The molecule has 3 rings (SSSR count). The molecule has 2 bridgehead atoms. The summed E-state index contributed by atoms with van der Waals surface area (Å²) in [5.41, 5.74) is 0.969. The van der Waals surface area contributed by atoms with Gasteiger partial charge >= 0.3 is 0 Å². The molecular weight excluding hydrogens is 260 g/mol. The molecule has 2 unspecified atom stereocenters. The Kier molecular flexibility index (Phi) is 3.83. The molecule has 0 radical (unpaired) electrons. The Hall–Kier alpha value is -0.930. The first-order valence-corrected chi connectivity index (χ1v) is 8.27. The lowest BCUT2D eigenvalue weighted by Gasteiger charge is -2.49. The number of hydrogen-bond acceptors (Lipinski definition) is 3. The molecule has 3 heterocycles. The van der Waals surface area contributed by atoms with E-state index in [9.17, 15) is 5.11 Å². The van der Waals surface area contributed by atoms with Crippen LogP contribution in [0.3, 0.4) is 0 Å². The number of fused-ring (bicyclic) bond motifs is 2. The molecule has 2 saturated heterocycles. The fourth-order valence-electron chi connectivity index (χ4n) is 4.55. The van der Waals surface area contributed by atoms with E-state index in [1.54, 1.807) is 6.20 Å². The van der Waals surface area contributed by atoms with Gasteiger partial charge in [-0.3, -0.25) is 9.88 Å². The van der Waals surface area contributed by atoms with Crippen LogP contribution in [-0.2, 0) is 6.42 Å². The standard InChI is InChI=1S/C18H28N2O/c1-17(2,3)20-15-6-7-16(20)12-18(21,11-15)9-8-14-5-4-10-19-13-14/h4-5,10,13,15-16,21H,6-9,11-12H2,1-3H3/t15-,16?,18?/m1/s1. The molecule has 0 amide bonds. The van der Waals surface area contributed by atoms with E-state index < -0.39 is 5.60 Å². The normalized spacial score (nSPS) is 33.3. The number of piperidine rings is 1. The summed E-state index contributed by atoms with van der Waals surface area (Å²) in [4.78, 5) is 6.83. The summed E-state index contributed by atoms with van der Waals surface area (Å²) in [6, 6.07) is 5.20. The van der Waals surface area contributed by atoms with Crippen molar-refractivity contribution in [3.8, 4) is 0 Å². The van der Waals surface area contributed by atoms with E-state index in [-0.39, 0.29) is 5.54 Å². The second-order valence-electron chi connectivity index (χ2n) is 7.96. The lowest BCUT2D eigenvalue weighted by Crippen LogP contribution is -2.57. The van der Waals surface area contributed by atoms with Crippen LogP contribution in [-0.4, -0.2) is 38.2 Å². The van der Waals surface area contributed by atoms with Crippen LogP contribution >= 0.6 is 0 Å². The van der Waals surface area contributed by atoms with Crippen molar-refractivity contribution in [2.24, 2.45) is 0 Å². The van der Waals surface area contributed by atoms with Gasteiger partial charge in [0.2, 0.25) is 0 Å². The zero-order chi connectivity index (χ0) is 15.1. The van der Waals surface area contributed by atoms with Crippen LogP contribution in [0.4, 0.5) is 0 Å². The van der Waals surface area contributed by atoms with Gasteiger partial charge in [-0.25, -0.2) is 0 Å². The van der Waals surface area contributed by atoms with E-state index in [1.807, 2.05) is 12.3 Å². The van der Waals surface area contributed by atoms with Gasteiger partial charge < -0.3 is 5.11 Å². The topological polar surface area (TPSA) is 36.4 Å². The smallest absolute Gasteiger partial charge is 0.0680 e. The third kappa shape index (κ3) is 3.14. The molecule has 3 atom stereocenters. The van der Waals surface area contributed by atoms with Gasteiger partial charge in [-0.1, -0.05) is 6.07 Å². The Bertz CT molecular complexity index is 466. The van der Waals surface area contributed by atoms with E-state index >= 15 is 0 Å². The highest BCUT2D eigenvalue weighted by Crippen LogP contribution is 2.45. The summed E-state index contributed by atoms with van der Waals surface area (Å²) in [7, 11) is 0. The van der Waals surface area contributed by atoms with Crippen LogP contribution < -0.4 is 0 Å². The van der Waals surface area contributed by atoms with Crippen LogP contribution in [0.2, 0.25) is 0 Å². The highest BCUT2D eigenvalue weighted by Gasteiger charge is 2.50. The first kappa shape index (κ1) is 15.0. The van der Waals surface area contributed by atoms with Crippen LogP contribution in [0.1, 0.15) is 58.4 Å². The molecule has 0 aliphatic carbocycles. The van der Waals surface area contributed by atoms with Gasteiger partial charge in [-0.15, -0.1) is 0 Å². The van der Waals surface area contributed by atoms with Crippen LogP contribution in [0, 0.1) is 0 Å². The number of hydrogen-bond donors (Lipinski definition) is 1. The largest absolute Gasteiger partial charge is 0.390 e. The van der Waals surface area contributed by atoms with Gasteiger partial charge in [-0.05, 0) is 70.9 Å². The highest BCUT2D eigenvalue weighted by atomic mass is 16.3. The van der Waals surface area contributed by atoms with Crippen LogP contribution in [0.15, 0.2) is 24.5 Å². The summed E-state index contributed by atoms with van der Waals surface area (Å²) < 4.78 is 0. The predicted octanol–water partition coefficient (Wildman–Crippen LogP) is 3.17. The minimum atomic E-state index is -0.483. The molecule has 2 aliphatic heterocycles. The second-order valence-corrected chi connectivity index (χ2v) is 7.96. The molecule has 0 aromatic carbocycles. The van der Waals surface area contributed by atoms with Crippen molar-refractivity contribution in [3.63, 3.8) is 0 Å². The number of aromatic nitrogens is 1. The van der Waals surface area contributed by atoms with Gasteiger partial charge in [0.15, 0.2) is 0 Å². The van der Waals surface area contributed by atoms with Crippen molar-refractivity contribution in [1.29, 1.82) is 0 Å².